The molecule has 0 aliphatic carbocycles. The van der Waals surface area contributed by atoms with Crippen LogP contribution in [0.3, 0.4) is 0 Å². The number of ether oxygens (including phenoxy) is 1. The summed E-state index contributed by atoms with van der Waals surface area (Å²) in [6.45, 7) is 1.97. The molecule has 0 aliphatic rings. The van der Waals surface area contributed by atoms with Gasteiger partial charge in [-0.2, -0.15) is 0 Å². The van der Waals surface area contributed by atoms with E-state index in [0.29, 0.717) is 0 Å². The van der Waals surface area contributed by atoms with E-state index in [1.807, 2.05) is 0 Å². The topological polar surface area (TPSA) is 55.4 Å². The summed E-state index contributed by atoms with van der Waals surface area (Å²) < 4.78 is 57.9. The van der Waals surface area contributed by atoms with Crippen LogP contribution in [0.2, 0.25) is 0 Å². The van der Waals surface area contributed by atoms with Crippen molar-refractivity contribution in [2.45, 2.75) is 11.8 Å². The average molecular weight is 313 g/mol. The van der Waals surface area contributed by atoms with Crippen molar-refractivity contribution in [2.24, 2.45) is 0 Å². The van der Waals surface area contributed by atoms with Gasteiger partial charge in [-0.25, -0.2) is 17.2 Å². The van der Waals surface area contributed by atoms with Gasteiger partial charge >= 0.3 is 0 Å². The molecule has 112 valence electrons. The van der Waals surface area contributed by atoms with Gasteiger partial charge in [-0.1, -0.05) is 0 Å². The summed E-state index contributed by atoms with van der Waals surface area (Å²) in [5.41, 5.74) is 0.186. The molecule has 0 aliphatic heterocycles. The largest absolute Gasteiger partial charge is 0.491 e. The number of hydrogen-bond donors (Lipinski definition) is 1. The van der Waals surface area contributed by atoms with Gasteiger partial charge in [0.2, 0.25) is 0 Å². The number of rotatable bonds is 5. The Balaban J connectivity index is 2.27. The first-order chi connectivity index (χ1) is 9.92. The molecule has 0 fully saturated rings. The highest BCUT2D eigenvalue weighted by atomic mass is 32.2. The second-order valence-corrected chi connectivity index (χ2v) is 5.82. The fourth-order valence-electron chi connectivity index (χ4n) is 1.65. The number of anilines is 1. The molecule has 0 spiro atoms. The van der Waals surface area contributed by atoms with E-state index in [4.69, 9.17) is 4.74 Å². The van der Waals surface area contributed by atoms with Crippen LogP contribution >= 0.6 is 0 Å². The van der Waals surface area contributed by atoms with Crippen LogP contribution in [-0.2, 0) is 10.0 Å². The molecule has 0 atom stereocenters. The molecule has 21 heavy (non-hydrogen) atoms. The van der Waals surface area contributed by atoms with E-state index in [-0.39, 0.29) is 22.9 Å². The van der Waals surface area contributed by atoms with Crippen molar-refractivity contribution in [1.82, 2.24) is 0 Å². The smallest absolute Gasteiger partial charge is 0.262 e. The lowest BCUT2D eigenvalue weighted by Crippen LogP contribution is -2.13. The Kier molecular flexibility index (Phi) is 4.42. The Morgan fingerprint density at radius 1 is 1.10 bits per heavy atom. The third-order valence-electron chi connectivity index (χ3n) is 2.61. The molecule has 0 saturated carbocycles. The zero-order valence-corrected chi connectivity index (χ0v) is 12.0. The molecule has 0 saturated heterocycles. The van der Waals surface area contributed by atoms with Crippen LogP contribution in [0.15, 0.2) is 47.4 Å². The van der Waals surface area contributed by atoms with Gasteiger partial charge < -0.3 is 4.74 Å². The average Bonchev–Trinajstić information content (AvgIpc) is 2.43. The van der Waals surface area contributed by atoms with Crippen LogP contribution in [0.25, 0.3) is 0 Å². The molecule has 2 rings (SSSR count). The van der Waals surface area contributed by atoms with E-state index < -0.39 is 21.7 Å². The highest BCUT2D eigenvalue weighted by Gasteiger charge is 2.17. The van der Waals surface area contributed by atoms with Gasteiger partial charge in [0, 0.05) is 5.69 Å². The molecule has 7 heteroatoms. The summed E-state index contributed by atoms with van der Waals surface area (Å²) in [5, 5.41) is 0. The predicted molar refractivity (Wildman–Crippen MR) is 74.8 cm³/mol. The second kappa shape index (κ2) is 6.09. The zero-order chi connectivity index (χ0) is 15.5. The van der Waals surface area contributed by atoms with E-state index in [1.165, 1.54) is 24.3 Å². The minimum absolute atomic E-state index is 0.0155. The van der Waals surface area contributed by atoms with Crippen LogP contribution < -0.4 is 9.46 Å². The molecule has 0 heterocycles. The monoisotopic (exact) mass is 313 g/mol. The zero-order valence-electron chi connectivity index (χ0n) is 11.1. The quantitative estimate of drug-likeness (QED) is 0.922. The SMILES string of the molecule is CCOc1ccc(S(=O)(=O)Nc2ccc(F)cc2)cc1F. The fourth-order valence-corrected chi connectivity index (χ4v) is 2.72. The number of halogens is 2. The van der Waals surface area contributed by atoms with Crippen LogP contribution in [0.1, 0.15) is 6.92 Å². The van der Waals surface area contributed by atoms with Crippen LogP contribution in [-0.4, -0.2) is 15.0 Å². The van der Waals surface area contributed by atoms with Crippen molar-refractivity contribution < 1.29 is 21.9 Å². The lowest BCUT2D eigenvalue weighted by Gasteiger charge is -2.10. The van der Waals surface area contributed by atoms with E-state index in [9.17, 15) is 17.2 Å². The molecule has 0 aromatic heterocycles. The van der Waals surface area contributed by atoms with Crippen LogP contribution in [0.5, 0.6) is 5.75 Å². The first-order valence-electron chi connectivity index (χ1n) is 6.13. The fraction of sp³-hybridized carbons (Fsp3) is 0.143. The predicted octanol–water partition coefficient (Wildman–Crippen LogP) is 3.16. The number of sulfonamides is 1. The molecule has 0 bridgehead atoms. The van der Waals surface area contributed by atoms with Gasteiger partial charge in [-0.15, -0.1) is 0 Å². The van der Waals surface area contributed by atoms with E-state index in [0.717, 1.165) is 18.2 Å². The van der Waals surface area contributed by atoms with Crippen LogP contribution in [0.4, 0.5) is 14.5 Å². The Hall–Kier alpha value is -2.15. The lowest BCUT2D eigenvalue weighted by molar-refractivity contribution is 0.321. The summed E-state index contributed by atoms with van der Waals surface area (Å²) >= 11 is 0. The molecule has 0 unspecified atom stereocenters. The summed E-state index contributed by atoms with van der Waals surface area (Å²) in [7, 11) is -3.95. The standard InChI is InChI=1S/C14H13F2NO3S/c1-2-20-14-8-7-12(9-13(14)16)21(18,19)17-11-5-3-10(15)4-6-11/h3-9,17H,2H2,1H3. The third kappa shape index (κ3) is 3.69. The summed E-state index contributed by atoms with van der Waals surface area (Å²) in [4.78, 5) is -0.243. The minimum atomic E-state index is -3.95. The molecule has 0 radical (unpaired) electrons. The highest BCUT2D eigenvalue weighted by molar-refractivity contribution is 7.92. The van der Waals surface area contributed by atoms with E-state index in [1.54, 1.807) is 6.92 Å². The maximum atomic E-state index is 13.7. The Bertz CT molecular complexity index is 730. The number of hydrogen-bond acceptors (Lipinski definition) is 3. The van der Waals surface area contributed by atoms with Gasteiger partial charge in [0.15, 0.2) is 11.6 Å². The van der Waals surface area contributed by atoms with Gasteiger partial charge in [0.25, 0.3) is 10.0 Å². The maximum Gasteiger partial charge on any atom is 0.262 e. The summed E-state index contributed by atoms with van der Waals surface area (Å²) in [6, 6.07) is 8.15. The number of benzene rings is 2. The molecule has 2 aromatic carbocycles. The van der Waals surface area contributed by atoms with E-state index >= 15 is 0 Å². The van der Waals surface area contributed by atoms with Gasteiger partial charge in [0.1, 0.15) is 5.82 Å². The minimum Gasteiger partial charge on any atom is -0.491 e. The highest BCUT2D eigenvalue weighted by Crippen LogP contribution is 2.23. The van der Waals surface area contributed by atoms with Gasteiger partial charge in [-0.05, 0) is 49.4 Å². The summed E-state index contributed by atoms with van der Waals surface area (Å²) in [5.74, 6) is -1.26. The molecule has 2 aromatic rings. The van der Waals surface area contributed by atoms with E-state index in [2.05, 4.69) is 4.72 Å². The Morgan fingerprint density at radius 3 is 2.33 bits per heavy atom. The third-order valence-corrected chi connectivity index (χ3v) is 3.99. The number of nitrogens with one attached hydrogen (secondary N) is 1. The Labute approximate surface area is 121 Å². The van der Waals surface area contributed by atoms with Crippen molar-refractivity contribution in [3.05, 3.63) is 54.1 Å². The molecule has 1 N–H and O–H groups in total. The first kappa shape index (κ1) is 15.2. The molecule has 4 nitrogen and oxygen atoms in total. The van der Waals surface area contributed by atoms with Crippen molar-refractivity contribution >= 4 is 15.7 Å². The Morgan fingerprint density at radius 2 is 1.76 bits per heavy atom. The maximum absolute atomic E-state index is 13.7. The molecule has 0 amide bonds. The van der Waals surface area contributed by atoms with Crippen LogP contribution in [0, 0.1) is 11.6 Å². The van der Waals surface area contributed by atoms with Crippen molar-refractivity contribution in [3.8, 4) is 5.75 Å². The lowest BCUT2D eigenvalue weighted by atomic mass is 10.3. The second-order valence-electron chi connectivity index (χ2n) is 4.14. The molecular weight excluding hydrogens is 300 g/mol. The van der Waals surface area contributed by atoms with Crippen molar-refractivity contribution in [3.63, 3.8) is 0 Å². The van der Waals surface area contributed by atoms with Crippen molar-refractivity contribution in [2.75, 3.05) is 11.3 Å². The van der Waals surface area contributed by atoms with Crippen molar-refractivity contribution in [1.29, 1.82) is 0 Å². The normalized spacial score (nSPS) is 11.2. The summed E-state index contributed by atoms with van der Waals surface area (Å²) in [6.07, 6.45) is 0. The van der Waals surface area contributed by atoms with Gasteiger partial charge in [-0.3, -0.25) is 4.72 Å². The molecular formula is C14H13F2NO3S. The van der Waals surface area contributed by atoms with Gasteiger partial charge in [0.05, 0.1) is 11.5 Å². The first-order valence-corrected chi connectivity index (χ1v) is 7.61.